The summed E-state index contributed by atoms with van der Waals surface area (Å²) >= 11 is 0. The second-order valence-corrected chi connectivity index (χ2v) is 13.5. The van der Waals surface area contributed by atoms with Gasteiger partial charge in [0.1, 0.15) is 0 Å². The minimum Gasteiger partial charge on any atom is -0.306 e. The van der Waals surface area contributed by atoms with Crippen molar-refractivity contribution in [3.8, 4) is 0 Å². The van der Waals surface area contributed by atoms with Crippen molar-refractivity contribution in [3.63, 3.8) is 0 Å². The van der Waals surface area contributed by atoms with Gasteiger partial charge in [0, 0.05) is 13.1 Å². The zero-order valence-corrected chi connectivity index (χ0v) is 27.4. The van der Waals surface area contributed by atoms with Crippen LogP contribution < -0.4 is 0 Å². The quantitative estimate of drug-likeness (QED) is 0.0933. The molecule has 0 aliphatic heterocycles. The number of rotatable bonds is 28. The van der Waals surface area contributed by atoms with Crippen molar-refractivity contribution in [2.24, 2.45) is 5.92 Å². The van der Waals surface area contributed by atoms with E-state index in [9.17, 15) is 8.42 Å². The van der Waals surface area contributed by atoms with Gasteiger partial charge >= 0.3 is 0 Å². The SMILES string of the molecule is CCCCN(C)CCCCN(C)CC(CCCCCCOS(C)(=O)=O)CN(C)CCCCN(C)CCCC. The molecule has 0 aromatic heterocycles. The first kappa shape index (κ1) is 37.8. The van der Waals surface area contributed by atoms with Crippen molar-refractivity contribution in [3.05, 3.63) is 0 Å². The third-order valence-corrected chi connectivity index (χ3v) is 7.98. The molecule has 0 aliphatic carbocycles. The molecule has 0 radical (unpaired) electrons. The third kappa shape index (κ3) is 26.0. The third-order valence-electron chi connectivity index (χ3n) is 7.39. The molecule has 0 atom stereocenters. The smallest absolute Gasteiger partial charge is 0.264 e. The van der Waals surface area contributed by atoms with Gasteiger partial charge in [-0.25, -0.2) is 0 Å². The number of unbranched alkanes of at least 4 members (excludes halogenated alkanes) is 7. The lowest BCUT2D eigenvalue weighted by molar-refractivity contribution is 0.196. The fourth-order valence-electron chi connectivity index (χ4n) is 5.01. The molecule has 0 spiro atoms. The fraction of sp³-hybridized carbons (Fsp3) is 1.00. The van der Waals surface area contributed by atoms with Gasteiger partial charge in [-0.15, -0.1) is 0 Å². The summed E-state index contributed by atoms with van der Waals surface area (Å²) in [5, 5.41) is 0. The van der Waals surface area contributed by atoms with Gasteiger partial charge in [0.25, 0.3) is 10.1 Å². The predicted octanol–water partition coefficient (Wildman–Crippen LogP) is 5.42. The Kier molecular flexibility index (Phi) is 24.4. The van der Waals surface area contributed by atoms with Crippen LogP contribution in [0.2, 0.25) is 0 Å². The summed E-state index contributed by atoms with van der Waals surface area (Å²) in [5.41, 5.74) is 0. The molecule has 0 amide bonds. The first-order valence-electron chi connectivity index (χ1n) is 15.7. The van der Waals surface area contributed by atoms with Gasteiger partial charge < -0.3 is 19.6 Å². The molecule has 0 saturated heterocycles. The van der Waals surface area contributed by atoms with E-state index in [4.69, 9.17) is 4.18 Å². The first-order chi connectivity index (χ1) is 18.1. The Labute approximate surface area is 238 Å². The van der Waals surface area contributed by atoms with E-state index < -0.39 is 10.1 Å². The molecule has 0 aromatic carbocycles. The molecule has 0 unspecified atom stereocenters. The van der Waals surface area contributed by atoms with E-state index in [2.05, 4.69) is 61.6 Å². The Bertz CT molecular complexity index is 591. The van der Waals surface area contributed by atoms with Crippen LogP contribution in [0.15, 0.2) is 0 Å². The Hall–Kier alpha value is -0.250. The molecule has 0 aliphatic rings. The van der Waals surface area contributed by atoms with E-state index >= 15 is 0 Å². The van der Waals surface area contributed by atoms with Crippen molar-refractivity contribution >= 4 is 10.1 Å². The Morgan fingerprint density at radius 2 is 0.947 bits per heavy atom. The molecule has 0 fully saturated rings. The van der Waals surface area contributed by atoms with Gasteiger partial charge in [-0.3, -0.25) is 4.18 Å². The van der Waals surface area contributed by atoms with E-state index in [1.165, 1.54) is 103 Å². The molecule has 8 heteroatoms. The first-order valence-corrected chi connectivity index (χ1v) is 17.5. The van der Waals surface area contributed by atoms with E-state index in [1.54, 1.807) is 0 Å². The van der Waals surface area contributed by atoms with Crippen LogP contribution in [0.3, 0.4) is 0 Å². The lowest BCUT2D eigenvalue weighted by Gasteiger charge is -2.28. The molecular formula is C30H66N4O3S. The van der Waals surface area contributed by atoms with Gasteiger partial charge in [-0.2, -0.15) is 8.42 Å². The van der Waals surface area contributed by atoms with Crippen molar-refractivity contribution < 1.29 is 12.6 Å². The van der Waals surface area contributed by atoms with Gasteiger partial charge in [0.05, 0.1) is 12.9 Å². The topological polar surface area (TPSA) is 56.3 Å². The second-order valence-electron chi connectivity index (χ2n) is 11.8. The van der Waals surface area contributed by atoms with E-state index in [1.807, 2.05) is 0 Å². The highest BCUT2D eigenvalue weighted by Crippen LogP contribution is 2.15. The summed E-state index contributed by atoms with van der Waals surface area (Å²) in [6, 6.07) is 0. The molecule has 230 valence electrons. The average Bonchev–Trinajstić information content (AvgIpc) is 2.85. The normalized spacial score (nSPS) is 12.7. The van der Waals surface area contributed by atoms with Crippen LogP contribution in [-0.2, 0) is 14.3 Å². The van der Waals surface area contributed by atoms with Crippen molar-refractivity contribution in [2.75, 3.05) is 93.4 Å². The van der Waals surface area contributed by atoms with Crippen molar-refractivity contribution in [1.82, 2.24) is 19.6 Å². The maximum Gasteiger partial charge on any atom is 0.264 e. The highest BCUT2D eigenvalue weighted by Gasteiger charge is 2.15. The minimum absolute atomic E-state index is 0.314. The van der Waals surface area contributed by atoms with Crippen LogP contribution in [0.5, 0.6) is 0 Å². The van der Waals surface area contributed by atoms with Crippen molar-refractivity contribution in [1.29, 1.82) is 0 Å². The Morgan fingerprint density at radius 3 is 1.37 bits per heavy atom. The zero-order chi connectivity index (χ0) is 28.7. The van der Waals surface area contributed by atoms with Crippen LogP contribution in [0, 0.1) is 5.92 Å². The highest BCUT2D eigenvalue weighted by molar-refractivity contribution is 7.85. The van der Waals surface area contributed by atoms with Crippen LogP contribution in [0.4, 0.5) is 0 Å². The van der Waals surface area contributed by atoms with E-state index in [-0.39, 0.29) is 0 Å². The monoisotopic (exact) mass is 562 g/mol. The van der Waals surface area contributed by atoms with Crippen molar-refractivity contribution in [2.45, 2.75) is 97.3 Å². The molecule has 38 heavy (non-hydrogen) atoms. The van der Waals surface area contributed by atoms with Crippen LogP contribution >= 0.6 is 0 Å². The lowest BCUT2D eigenvalue weighted by atomic mass is 9.99. The highest BCUT2D eigenvalue weighted by atomic mass is 32.2. The van der Waals surface area contributed by atoms with Gasteiger partial charge in [-0.05, 0) is 125 Å². The lowest BCUT2D eigenvalue weighted by Crippen LogP contribution is -2.35. The van der Waals surface area contributed by atoms with Crippen LogP contribution in [0.25, 0.3) is 0 Å². The summed E-state index contributed by atoms with van der Waals surface area (Å²) in [6.45, 7) is 14.4. The molecular weight excluding hydrogens is 496 g/mol. The number of hydrogen-bond donors (Lipinski definition) is 0. The van der Waals surface area contributed by atoms with Gasteiger partial charge in [0.2, 0.25) is 0 Å². The molecule has 0 heterocycles. The van der Waals surface area contributed by atoms with Gasteiger partial charge in [0.15, 0.2) is 0 Å². The predicted molar refractivity (Wildman–Crippen MR) is 166 cm³/mol. The molecule has 0 N–H and O–H groups in total. The zero-order valence-electron chi connectivity index (χ0n) is 26.6. The Morgan fingerprint density at radius 1 is 0.553 bits per heavy atom. The van der Waals surface area contributed by atoms with Crippen LogP contribution in [0.1, 0.15) is 97.3 Å². The molecule has 7 nitrogen and oxygen atoms in total. The van der Waals surface area contributed by atoms with Gasteiger partial charge in [-0.1, -0.05) is 46.0 Å². The maximum absolute atomic E-state index is 11.1. The standard InChI is InChI=1S/C30H66N4O3S/c1-8-10-21-31(3)23-15-17-25-33(5)28-30(20-14-12-13-19-27-37-38(7,35)36)29-34(6)26-18-16-24-32(4)22-11-9-2/h30H,8-29H2,1-7H3. The summed E-state index contributed by atoms with van der Waals surface area (Å²) in [7, 11) is 5.78. The van der Waals surface area contributed by atoms with E-state index in [0.29, 0.717) is 12.5 Å². The van der Waals surface area contributed by atoms with Crippen LogP contribution in [-0.4, -0.2) is 121 Å². The Balaban J connectivity index is 4.43. The molecule has 0 rings (SSSR count). The summed E-state index contributed by atoms with van der Waals surface area (Å²) in [5.74, 6) is 0.678. The number of hydrogen-bond acceptors (Lipinski definition) is 7. The molecule has 0 aromatic rings. The largest absolute Gasteiger partial charge is 0.306 e. The summed E-state index contributed by atoms with van der Waals surface area (Å²) in [6.07, 6.45) is 16.8. The maximum atomic E-state index is 11.1. The fourth-order valence-corrected chi connectivity index (χ4v) is 5.43. The molecule has 0 saturated carbocycles. The summed E-state index contributed by atoms with van der Waals surface area (Å²) in [4.78, 5) is 10.0. The second kappa shape index (κ2) is 24.5. The minimum atomic E-state index is -3.31. The average molecular weight is 563 g/mol. The molecule has 0 bridgehead atoms. The number of nitrogens with zero attached hydrogens (tertiary/aromatic N) is 4. The summed E-state index contributed by atoms with van der Waals surface area (Å²) < 4.78 is 27.1. The van der Waals surface area contributed by atoms with E-state index in [0.717, 1.165) is 38.6 Å².